The molecule has 1 aromatic heterocycles. The van der Waals surface area contributed by atoms with E-state index in [1.807, 2.05) is 26.0 Å². The van der Waals surface area contributed by atoms with Gasteiger partial charge in [-0.25, -0.2) is 4.79 Å². The highest BCUT2D eigenvalue weighted by atomic mass is 35.5. The molecule has 4 nitrogen and oxygen atoms in total. The molecule has 1 atom stereocenters. The van der Waals surface area contributed by atoms with Crippen LogP contribution in [0.3, 0.4) is 0 Å². The van der Waals surface area contributed by atoms with Crippen LogP contribution in [-0.2, 0) is 6.42 Å². The molecular weight excluding hydrogens is 284 g/mol. The molecule has 0 aliphatic heterocycles. The van der Waals surface area contributed by atoms with E-state index < -0.39 is 5.60 Å². The highest BCUT2D eigenvalue weighted by Gasteiger charge is 2.25. The van der Waals surface area contributed by atoms with Gasteiger partial charge in [0.1, 0.15) is 0 Å². The lowest BCUT2D eigenvalue weighted by molar-refractivity contribution is 0.0166. The number of halogens is 1. The molecule has 19 heavy (non-hydrogen) atoms. The molecule has 1 unspecified atom stereocenters. The Bertz CT molecular complexity index is 419. The summed E-state index contributed by atoms with van der Waals surface area (Å²) in [6.45, 7) is 6.33. The first-order chi connectivity index (χ1) is 8.81. The molecule has 0 aromatic carbocycles. The standard InChI is InChI=1S/C13H21ClN2O2S/c1-9(2)13(3,18)8-16-12(17)15-7-6-10-4-5-11(14)19-10/h4-5,9,18H,6-8H2,1-3H3,(H2,15,16,17). The molecule has 0 bridgehead atoms. The number of urea groups is 1. The monoisotopic (exact) mass is 304 g/mol. The molecule has 0 aliphatic rings. The van der Waals surface area contributed by atoms with Crippen molar-refractivity contribution in [2.75, 3.05) is 13.1 Å². The molecule has 6 heteroatoms. The summed E-state index contributed by atoms with van der Waals surface area (Å²) in [5.41, 5.74) is -0.890. The Kier molecular flexibility index (Phi) is 6.10. The fraction of sp³-hybridized carbons (Fsp3) is 0.615. The van der Waals surface area contributed by atoms with Crippen LogP contribution < -0.4 is 10.6 Å². The van der Waals surface area contributed by atoms with E-state index in [1.165, 1.54) is 11.3 Å². The van der Waals surface area contributed by atoms with Gasteiger partial charge in [0.05, 0.1) is 9.94 Å². The third-order valence-corrected chi connectivity index (χ3v) is 4.43. The minimum Gasteiger partial charge on any atom is -0.388 e. The summed E-state index contributed by atoms with van der Waals surface area (Å²) in [6.07, 6.45) is 0.755. The Morgan fingerprint density at radius 1 is 1.47 bits per heavy atom. The minimum absolute atomic E-state index is 0.0843. The van der Waals surface area contributed by atoms with Crippen molar-refractivity contribution < 1.29 is 9.90 Å². The van der Waals surface area contributed by atoms with Crippen LogP contribution in [-0.4, -0.2) is 29.8 Å². The van der Waals surface area contributed by atoms with Gasteiger partial charge in [-0.1, -0.05) is 25.4 Å². The van der Waals surface area contributed by atoms with Crippen LogP contribution in [0.15, 0.2) is 12.1 Å². The third-order valence-electron chi connectivity index (χ3n) is 3.14. The SMILES string of the molecule is CC(C)C(C)(O)CNC(=O)NCCc1ccc(Cl)s1. The average Bonchev–Trinajstić information content (AvgIpc) is 2.72. The second-order valence-electron chi connectivity index (χ2n) is 5.08. The molecule has 0 fully saturated rings. The number of hydrogen-bond donors (Lipinski definition) is 3. The molecule has 0 saturated carbocycles. The van der Waals surface area contributed by atoms with Gasteiger partial charge in [-0.15, -0.1) is 11.3 Å². The van der Waals surface area contributed by atoms with Gasteiger partial charge in [0.15, 0.2) is 0 Å². The zero-order valence-corrected chi connectivity index (χ0v) is 13.1. The predicted octanol–water partition coefficient (Wildman–Crippen LogP) is 2.65. The fourth-order valence-corrected chi connectivity index (χ4v) is 2.40. The lowest BCUT2D eigenvalue weighted by Crippen LogP contribution is -2.47. The highest BCUT2D eigenvalue weighted by molar-refractivity contribution is 7.16. The molecule has 0 saturated heterocycles. The first kappa shape index (κ1) is 16.3. The Morgan fingerprint density at radius 2 is 2.16 bits per heavy atom. The number of aliphatic hydroxyl groups is 1. The van der Waals surface area contributed by atoms with Crippen LogP contribution >= 0.6 is 22.9 Å². The van der Waals surface area contributed by atoms with Crippen molar-refractivity contribution >= 4 is 29.0 Å². The Hall–Kier alpha value is -0.780. The summed E-state index contributed by atoms with van der Waals surface area (Å²) < 4.78 is 0.757. The normalized spacial score (nSPS) is 14.2. The maximum absolute atomic E-state index is 11.6. The quantitative estimate of drug-likeness (QED) is 0.756. The number of carbonyl (C=O) groups excluding carboxylic acids is 1. The number of hydrogen-bond acceptors (Lipinski definition) is 3. The third kappa shape index (κ3) is 5.80. The topological polar surface area (TPSA) is 61.4 Å². The van der Waals surface area contributed by atoms with Gasteiger partial charge >= 0.3 is 6.03 Å². The molecular formula is C13H21ClN2O2S. The lowest BCUT2D eigenvalue weighted by atomic mass is 9.93. The molecule has 1 aromatic rings. The van der Waals surface area contributed by atoms with Crippen LogP contribution in [0.2, 0.25) is 4.34 Å². The molecule has 3 N–H and O–H groups in total. The van der Waals surface area contributed by atoms with E-state index >= 15 is 0 Å². The second kappa shape index (κ2) is 7.12. The molecule has 2 amide bonds. The summed E-state index contributed by atoms with van der Waals surface area (Å²) in [6, 6.07) is 3.54. The smallest absolute Gasteiger partial charge is 0.314 e. The largest absolute Gasteiger partial charge is 0.388 e. The number of amides is 2. The molecule has 0 spiro atoms. The van der Waals surface area contributed by atoms with Gasteiger partial charge in [0.2, 0.25) is 0 Å². The van der Waals surface area contributed by atoms with Crippen molar-refractivity contribution in [1.29, 1.82) is 0 Å². The summed E-state index contributed by atoms with van der Waals surface area (Å²) in [5.74, 6) is 0.0843. The van der Waals surface area contributed by atoms with Gasteiger partial charge in [-0.3, -0.25) is 0 Å². The Labute approximate surface area is 123 Å². The summed E-state index contributed by atoms with van der Waals surface area (Å²) >= 11 is 7.34. The van der Waals surface area contributed by atoms with Crippen molar-refractivity contribution in [3.8, 4) is 0 Å². The maximum atomic E-state index is 11.6. The van der Waals surface area contributed by atoms with E-state index in [1.54, 1.807) is 6.92 Å². The number of carbonyl (C=O) groups is 1. The minimum atomic E-state index is -0.890. The van der Waals surface area contributed by atoms with Gasteiger partial charge in [-0.2, -0.15) is 0 Å². The number of nitrogens with one attached hydrogen (secondary N) is 2. The molecule has 1 rings (SSSR count). The van der Waals surface area contributed by atoms with E-state index in [0.717, 1.165) is 15.6 Å². The predicted molar refractivity (Wildman–Crippen MR) is 79.9 cm³/mol. The van der Waals surface area contributed by atoms with Crippen LogP contribution in [0, 0.1) is 5.92 Å². The Morgan fingerprint density at radius 3 is 2.68 bits per heavy atom. The van der Waals surface area contributed by atoms with Crippen molar-refractivity contribution in [2.24, 2.45) is 5.92 Å². The van der Waals surface area contributed by atoms with Crippen LogP contribution in [0.4, 0.5) is 4.79 Å². The molecule has 0 aliphatic carbocycles. The van der Waals surface area contributed by atoms with Gasteiger partial charge < -0.3 is 15.7 Å². The maximum Gasteiger partial charge on any atom is 0.314 e. The zero-order chi connectivity index (χ0) is 14.5. The van der Waals surface area contributed by atoms with E-state index in [-0.39, 0.29) is 18.5 Å². The van der Waals surface area contributed by atoms with Gasteiger partial charge in [0, 0.05) is 18.0 Å². The van der Waals surface area contributed by atoms with Crippen LogP contribution in [0.25, 0.3) is 0 Å². The molecule has 1 heterocycles. The highest BCUT2D eigenvalue weighted by Crippen LogP contribution is 2.21. The van der Waals surface area contributed by atoms with E-state index in [4.69, 9.17) is 11.6 Å². The van der Waals surface area contributed by atoms with E-state index in [2.05, 4.69) is 10.6 Å². The van der Waals surface area contributed by atoms with Crippen molar-refractivity contribution in [3.63, 3.8) is 0 Å². The van der Waals surface area contributed by atoms with Gasteiger partial charge in [0.25, 0.3) is 0 Å². The average molecular weight is 305 g/mol. The van der Waals surface area contributed by atoms with Crippen molar-refractivity contribution in [3.05, 3.63) is 21.3 Å². The number of thiophene rings is 1. The first-order valence-corrected chi connectivity index (χ1v) is 7.49. The number of rotatable bonds is 6. The fourth-order valence-electron chi connectivity index (χ4n) is 1.31. The zero-order valence-electron chi connectivity index (χ0n) is 11.5. The first-order valence-electron chi connectivity index (χ1n) is 6.29. The van der Waals surface area contributed by atoms with E-state index in [0.29, 0.717) is 6.54 Å². The second-order valence-corrected chi connectivity index (χ2v) is 6.88. The summed E-state index contributed by atoms with van der Waals surface area (Å²) in [7, 11) is 0. The molecule has 108 valence electrons. The summed E-state index contributed by atoms with van der Waals surface area (Å²) in [4.78, 5) is 12.7. The lowest BCUT2D eigenvalue weighted by Gasteiger charge is -2.27. The van der Waals surface area contributed by atoms with Crippen molar-refractivity contribution in [2.45, 2.75) is 32.8 Å². The summed E-state index contributed by atoms with van der Waals surface area (Å²) in [5, 5.41) is 15.4. The van der Waals surface area contributed by atoms with Crippen LogP contribution in [0.1, 0.15) is 25.6 Å². The van der Waals surface area contributed by atoms with Crippen molar-refractivity contribution in [1.82, 2.24) is 10.6 Å². The van der Waals surface area contributed by atoms with E-state index in [9.17, 15) is 9.90 Å². The van der Waals surface area contributed by atoms with Gasteiger partial charge in [-0.05, 0) is 31.4 Å². The van der Waals surface area contributed by atoms with Crippen LogP contribution in [0.5, 0.6) is 0 Å². The Balaban J connectivity index is 2.21. The molecule has 0 radical (unpaired) electrons.